The maximum atomic E-state index is 13.2. The summed E-state index contributed by atoms with van der Waals surface area (Å²) in [5, 5.41) is 3.09. The molecule has 1 fully saturated rings. The Morgan fingerprint density at radius 1 is 1.06 bits per heavy atom. The van der Waals surface area contributed by atoms with Crippen LogP contribution in [0.3, 0.4) is 0 Å². The Hall–Kier alpha value is -3.84. The Morgan fingerprint density at radius 2 is 1.86 bits per heavy atom. The van der Waals surface area contributed by atoms with Gasteiger partial charge in [-0.15, -0.1) is 0 Å². The first-order chi connectivity index (χ1) is 16.9. The monoisotopic (exact) mass is 492 g/mol. The molecule has 1 unspecified atom stereocenters. The molecule has 0 aliphatic carbocycles. The number of halogens is 1. The van der Waals surface area contributed by atoms with Crippen LogP contribution >= 0.6 is 11.6 Å². The van der Waals surface area contributed by atoms with Crippen LogP contribution in [0.4, 0.5) is 5.69 Å². The molecule has 1 atom stereocenters. The van der Waals surface area contributed by atoms with Crippen LogP contribution in [0.15, 0.2) is 72.8 Å². The minimum absolute atomic E-state index is 0.109. The molecule has 2 amide bonds. The van der Waals surface area contributed by atoms with Crippen molar-refractivity contribution in [1.82, 2.24) is 4.90 Å². The van der Waals surface area contributed by atoms with Crippen molar-refractivity contribution in [2.75, 3.05) is 19.0 Å². The molecule has 7 nitrogen and oxygen atoms in total. The molecule has 0 aromatic heterocycles. The average Bonchev–Trinajstić information content (AvgIpc) is 3.27. The van der Waals surface area contributed by atoms with Gasteiger partial charge in [0.05, 0.1) is 17.7 Å². The first-order valence-corrected chi connectivity index (χ1v) is 11.6. The molecule has 3 aromatic rings. The second kappa shape index (κ2) is 11.1. The zero-order chi connectivity index (χ0) is 24.8. The number of likely N-dealkylation sites (tertiary alicyclic amines) is 1. The Labute approximate surface area is 208 Å². The van der Waals surface area contributed by atoms with Crippen LogP contribution < -0.4 is 10.1 Å². The second-order valence-electron chi connectivity index (χ2n) is 8.15. The summed E-state index contributed by atoms with van der Waals surface area (Å²) in [7, 11) is 1.50. The Morgan fingerprint density at radius 3 is 2.54 bits per heavy atom. The van der Waals surface area contributed by atoms with Crippen LogP contribution in [-0.4, -0.2) is 36.3 Å². The number of esters is 1. The molecule has 180 valence electrons. The summed E-state index contributed by atoms with van der Waals surface area (Å²) in [6, 6.07) is 20.5. The van der Waals surface area contributed by atoms with Crippen LogP contribution in [0.5, 0.6) is 5.75 Å². The molecular weight excluding hydrogens is 468 g/mol. The van der Waals surface area contributed by atoms with E-state index in [1.807, 2.05) is 12.1 Å². The Bertz CT molecular complexity index is 1230. The van der Waals surface area contributed by atoms with Gasteiger partial charge in [0.25, 0.3) is 5.91 Å². The summed E-state index contributed by atoms with van der Waals surface area (Å²) in [5.74, 6) is -0.579. The lowest BCUT2D eigenvalue weighted by molar-refractivity contribution is -0.128. The standard InChI is InChI=1S/C27H25ClN2O5/c1-34-23-13-12-21(16-22(23)28)29-26(32)25(19-8-3-2-4-9-19)35-27(33)20-10-5-7-18(15-20)17-30-14-6-11-24(30)31/h2-5,7-10,12-13,15-16,25H,6,11,14,17H2,1H3,(H,29,32). The zero-order valence-electron chi connectivity index (χ0n) is 19.2. The van der Waals surface area contributed by atoms with Crippen molar-refractivity contribution in [3.63, 3.8) is 0 Å². The molecule has 1 saturated heterocycles. The van der Waals surface area contributed by atoms with Crippen molar-refractivity contribution >= 4 is 35.1 Å². The van der Waals surface area contributed by atoms with Crippen LogP contribution in [-0.2, 0) is 20.9 Å². The van der Waals surface area contributed by atoms with E-state index < -0.39 is 18.0 Å². The van der Waals surface area contributed by atoms with Gasteiger partial charge in [-0.1, -0.05) is 54.1 Å². The molecule has 1 aliphatic rings. The fraction of sp³-hybridized carbons (Fsp3) is 0.222. The minimum atomic E-state index is -1.19. The number of carbonyl (C=O) groups is 3. The topological polar surface area (TPSA) is 84.9 Å². The van der Waals surface area contributed by atoms with E-state index in [1.165, 1.54) is 7.11 Å². The smallest absolute Gasteiger partial charge is 0.339 e. The largest absolute Gasteiger partial charge is 0.495 e. The third kappa shape index (κ3) is 6.00. The van der Waals surface area contributed by atoms with E-state index in [0.29, 0.717) is 47.1 Å². The number of benzene rings is 3. The zero-order valence-corrected chi connectivity index (χ0v) is 20.0. The van der Waals surface area contributed by atoms with Crippen molar-refractivity contribution in [3.05, 3.63) is 94.5 Å². The summed E-state index contributed by atoms with van der Waals surface area (Å²) in [6.07, 6.45) is 0.205. The maximum absolute atomic E-state index is 13.2. The predicted molar refractivity (Wildman–Crippen MR) is 132 cm³/mol. The van der Waals surface area contributed by atoms with Gasteiger partial charge in [0.1, 0.15) is 5.75 Å². The van der Waals surface area contributed by atoms with Crippen molar-refractivity contribution < 1.29 is 23.9 Å². The third-order valence-corrected chi connectivity index (χ3v) is 5.99. The lowest BCUT2D eigenvalue weighted by Crippen LogP contribution is -2.26. The number of nitrogens with one attached hydrogen (secondary N) is 1. The van der Waals surface area contributed by atoms with Gasteiger partial charge in [-0.3, -0.25) is 9.59 Å². The third-order valence-electron chi connectivity index (χ3n) is 5.69. The number of hydrogen-bond acceptors (Lipinski definition) is 5. The lowest BCUT2D eigenvalue weighted by atomic mass is 10.1. The number of carbonyl (C=O) groups excluding carboxylic acids is 3. The molecule has 0 saturated carbocycles. The predicted octanol–water partition coefficient (Wildman–Crippen LogP) is 5.01. The van der Waals surface area contributed by atoms with Gasteiger partial charge >= 0.3 is 5.97 Å². The van der Waals surface area contributed by atoms with E-state index in [9.17, 15) is 14.4 Å². The summed E-state index contributed by atoms with van der Waals surface area (Å²) >= 11 is 6.17. The molecule has 35 heavy (non-hydrogen) atoms. The molecule has 3 aromatic carbocycles. The van der Waals surface area contributed by atoms with E-state index in [2.05, 4.69) is 5.32 Å². The van der Waals surface area contributed by atoms with Gasteiger partial charge in [-0.2, -0.15) is 0 Å². The lowest BCUT2D eigenvalue weighted by Gasteiger charge is -2.19. The van der Waals surface area contributed by atoms with Crippen LogP contribution in [0, 0.1) is 0 Å². The van der Waals surface area contributed by atoms with E-state index in [4.69, 9.17) is 21.1 Å². The van der Waals surface area contributed by atoms with Gasteiger partial charge in [0.2, 0.25) is 12.0 Å². The molecule has 1 heterocycles. The fourth-order valence-corrected chi connectivity index (χ4v) is 4.17. The SMILES string of the molecule is COc1ccc(NC(=O)C(OC(=O)c2cccc(CN3CCCC3=O)c2)c2ccccc2)cc1Cl. The molecule has 8 heteroatoms. The number of nitrogens with zero attached hydrogens (tertiary/aromatic N) is 1. The Balaban J connectivity index is 1.52. The maximum Gasteiger partial charge on any atom is 0.339 e. The van der Waals surface area contributed by atoms with Gasteiger partial charge in [-0.05, 0) is 42.3 Å². The van der Waals surface area contributed by atoms with Gasteiger partial charge in [0.15, 0.2) is 0 Å². The van der Waals surface area contributed by atoms with E-state index >= 15 is 0 Å². The van der Waals surface area contributed by atoms with Crippen molar-refractivity contribution in [3.8, 4) is 5.75 Å². The highest BCUT2D eigenvalue weighted by Gasteiger charge is 2.26. The minimum Gasteiger partial charge on any atom is -0.495 e. The number of anilines is 1. The number of ether oxygens (including phenoxy) is 2. The molecule has 1 aliphatic heterocycles. The molecule has 0 bridgehead atoms. The second-order valence-corrected chi connectivity index (χ2v) is 8.56. The summed E-state index contributed by atoms with van der Waals surface area (Å²) in [4.78, 5) is 40.0. The average molecular weight is 493 g/mol. The quantitative estimate of drug-likeness (QED) is 0.447. The molecular formula is C27H25ClN2O5. The molecule has 1 N–H and O–H groups in total. The van der Waals surface area contributed by atoms with Crippen molar-refractivity contribution in [2.45, 2.75) is 25.5 Å². The fourth-order valence-electron chi connectivity index (χ4n) is 3.92. The first-order valence-electron chi connectivity index (χ1n) is 11.2. The van der Waals surface area contributed by atoms with E-state index in [-0.39, 0.29) is 5.91 Å². The molecule has 0 radical (unpaired) electrons. The van der Waals surface area contributed by atoms with E-state index in [1.54, 1.807) is 65.6 Å². The van der Waals surface area contributed by atoms with Crippen LogP contribution in [0.1, 0.15) is 40.4 Å². The highest BCUT2D eigenvalue weighted by Crippen LogP contribution is 2.29. The van der Waals surface area contributed by atoms with Crippen molar-refractivity contribution in [1.29, 1.82) is 0 Å². The van der Waals surface area contributed by atoms with Crippen LogP contribution in [0.25, 0.3) is 0 Å². The van der Waals surface area contributed by atoms with Gasteiger partial charge in [0, 0.05) is 30.8 Å². The van der Waals surface area contributed by atoms with Gasteiger partial charge in [-0.25, -0.2) is 4.79 Å². The molecule has 4 rings (SSSR count). The summed E-state index contributed by atoms with van der Waals surface area (Å²) in [6.45, 7) is 1.14. The number of methoxy groups -OCH3 is 1. The highest BCUT2D eigenvalue weighted by molar-refractivity contribution is 6.32. The first kappa shape index (κ1) is 24.3. The Kier molecular flexibility index (Phi) is 7.67. The number of amides is 2. The summed E-state index contributed by atoms with van der Waals surface area (Å²) in [5.41, 5.74) is 2.09. The normalized spacial score (nSPS) is 13.9. The number of hydrogen-bond donors (Lipinski definition) is 1. The van der Waals surface area contributed by atoms with Gasteiger partial charge < -0.3 is 19.7 Å². The highest BCUT2D eigenvalue weighted by atomic mass is 35.5. The van der Waals surface area contributed by atoms with Crippen molar-refractivity contribution in [2.24, 2.45) is 0 Å². The summed E-state index contributed by atoms with van der Waals surface area (Å²) < 4.78 is 10.8. The van der Waals surface area contributed by atoms with Crippen LogP contribution in [0.2, 0.25) is 5.02 Å². The van der Waals surface area contributed by atoms with E-state index in [0.717, 1.165) is 12.0 Å². The molecule has 0 spiro atoms. The number of rotatable bonds is 8.